The molecule has 6 rings (SSSR count). The molecule has 2 aromatic carbocycles. The van der Waals surface area contributed by atoms with E-state index in [2.05, 4.69) is 41.1 Å². The number of nitrogens with one attached hydrogen (secondary N) is 1. The van der Waals surface area contributed by atoms with Gasteiger partial charge in [0, 0.05) is 36.9 Å². The smallest absolute Gasteiger partial charge is 0.255 e. The number of allylic oxidation sites excluding steroid dienone is 1. The third-order valence-electron chi connectivity index (χ3n) is 7.65. The third-order valence-corrected chi connectivity index (χ3v) is 7.65. The summed E-state index contributed by atoms with van der Waals surface area (Å²) >= 11 is 0. The molecule has 33 heavy (non-hydrogen) atoms. The predicted octanol–water partition coefficient (Wildman–Crippen LogP) is 3.75. The zero-order valence-electron chi connectivity index (χ0n) is 18.8. The normalized spacial score (nSPS) is 27.0. The van der Waals surface area contributed by atoms with E-state index >= 15 is 0 Å². The predicted molar refractivity (Wildman–Crippen MR) is 124 cm³/mol. The van der Waals surface area contributed by atoms with Crippen LogP contribution in [0.15, 0.2) is 54.7 Å². The van der Waals surface area contributed by atoms with Crippen LogP contribution >= 0.6 is 0 Å². The van der Waals surface area contributed by atoms with Crippen molar-refractivity contribution < 1.29 is 14.3 Å². The third kappa shape index (κ3) is 3.62. The molecule has 0 aromatic heterocycles. The van der Waals surface area contributed by atoms with Gasteiger partial charge in [0.1, 0.15) is 17.9 Å². The number of amides is 2. The van der Waals surface area contributed by atoms with E-state index in [1.807, 2.05) is 18.2 Å². The Labute approximate surface area is 194 Å². The maximum Gasteiger partial charge on any atom is 0.255 e. The Kier molecular flexibility index (Phi) is 4.98. The summed E-state index contributed by atoms with van der Waals surface area (Å²) in [6.07, 6.45) is 4.84. The van der Waals surface area contributed by atoms with Gasteiger partial charge in [-0.3, -0.25) is 14.5 Å². The van der Waals surface area contributed by atoms with Gasteiger partial charge < -0.3 is 15.0 Å². The first kappa shape index (κ1) is 20.5. The highest BCUT2D eigenvalue weighted by atomic mass is 16.5. The van der Waals surface area contributed by atoms with Crippen LogP contribution in [0.25, 0.3) is 0 Å². The highest BCUT2D eigenvalue weighted by Crippen LogP contribution is 2.36. The van der Waals surface area contributed by atoms with Crippen molar-refractivity contribution >= 4 is 11.8 Å². The minimum atomic E-state index is -0.434. The van der Waals surface area contributed by atoms with Crippen LogP contribution in [0, 0.1) is 0 Å². The number of carbonyl (C=O) groups is 2. The molecule has 6 nitrogen and oxygen atoms in total. The second kappa shape index (κ2) is 8.03. The maximum atomic E-state index is 13.0. The number of fused-ring (bicyclic) bond motifs is 2. The standard InChI is InChI=1S/C27H29N3O3/c1-17-9-12-24(26(31)28-17)30-16-20-13-21(10-11-22(20)27(30)32)33-25-8-4-7-23(25)29-14-18-5-2-3-6-19(18)15-29/h2-3,5-6,10-11,13,23-25H,1,4,7-9,12,14-16H2,(H,28,31)/t23-,24?,25-/m0/s1. The molecule has 0 spiro atoms. The summed E-state index contributed by atoms with van der Waals surface area (Å²) in [6, 6.07) is 14.4. The summed E-state index contributed by atoms with van der Waals surface area (Å²) in [6.45, 7) is 6.27. The van der Waals surface area contributed by atoms with Crippen LogP contribution in [-0.4, -0.2) is 39.8 Å². The lowest BCUT2D eigenvalue weighted by atomic mass is 10.0. The van der Waals surface area contributed by atoms with Gasteiger partial charge in [-0.25, -0.2) is 0 Å². The lowest BCUT2D eigenvalue weighted by Gasteiger charge is -2.30. The average molecular weight is 444 g/mol. The van der Waals surface area contributed by atoms with Crippen LogP contribution in [0.2, 0.25) is 0 Å². The number of benzene rings is 2. The second-order valence-corrected chi connectivity index (χ2v) is 9.73. The van der Waals surface area contributed by atoms with Gasteiger partial charge >= 0.3 is 0 Å². The number of ether oxygens (including phenoxy) is 1. The Bertz CT molecular complexity index is 1120. The van der Waals surface area contributed by atoms with Gasteiger partial charge in [-0.2, -0.15) is 0 Å². The molecule has 6 heteroatoms. The van der Waals surface area contributed by atoms with Gasteiger partial charge in [0.25, 0.3) is 5.91 Å². The molecule has 1 unspecified atom stereocenters. The highest BCUT2D eigenvalue weighted by Gasteiger charge is 2.39. The molecule has 3 aliphatic heterocycles. The molecule has 3 heterocycles. The number of hydrogen-bond acceptors (Lipinski definition) is 4. The molecular formula is C27H29N3O3. The molecule has 1 saturated heterocycles. The van der Waals surface area contributed by atoms with Crippen molar-refractivity contribution in [3.63, 3.8) is 0 Å². The summed E-state index contributed by atoms with van der Waals surface area (Å²) < 4.78 is 6.51. The van der Waals surface area contributed by atoms with Crippen molar-refractivity contribution in [1.29, 1.82) is 0 Å². The molecule has 2 fully saturated rings. The topological polar surface area (TPSA) is 61.9 Å². The Balaban J connectivity index is 1.16. The van der Waals surface area contributed by atoms with Crippen LogP contribution in [-0.2, 0) is 24.4 Å². The molecule has 0 bridgehead atoms. The molecule has 1 N–H and O–H groups in total. The van der Waals surface area contributed by atoms with Crippen LogP contribution in [0.1, 0.15) is 59.2 Å². The first-order chi connectivity index (χ1) is 16.1. The van der Waals surface area contributed by atoms with Gasteiger partial charge in [0.05, 0.1) is 0 Å². The van der Waals surface area contributed by atoms with Crippen LogP contribution < -0.4 is 10.1 Å². The van der Waals surface area contributed by atoms with E-state index in [4.69, 9.17) is 4.74 Å². The van der Waals surface area contributed by atoms with Crippen LogP contribution in [0.3, 0.4) is 0 Å². The van der Waals surface area contributed by atoms with Crippen molar-refractivity contribution in [1.82, 2.24) is 15.1 Å². The Morgan fingerprint density at radius 2 is 1.73 bits per heavy atom. The minimum Gasteiger partial charge on any atom is -0.489 e. The molecule has 3 atom stereocenters. The van der Waals surface area contributed by atoms with Gasteiger partial charge in [0.2, 0.25) is 5.91 Å². The summed E-state index contributed by atoms with van der Waals surface area (Å²) in [5.41, 5.74) is 5.20. The van der Waals surface area contributed by atoms with E-state index in [0.717, 1.165) is 42.9 Å². The zero-order chi connectivity index (χ0) is 22.5. The Morgan fingerprint density at radius 3 is 2.48 bits per heavy atom. The summed E-state index contributed by atoms with van der Waals surface area (Å²) in [4.78, 5) is 29.7. The van der Waals surface area contributed by atoms with Crippen molar-refractivity contribution in [3.05, 3.63) is 77.0 Å². The molecular weight excluding hydrogens is 414 g/mol. The number of carbonyl (C=O) groups excluding carboxylic acids is 2. The van der Waals surface area contributed by atoms with Gasteiger partial charge in [0.15, 0.2) is 0 Å². The number of nitrogens with zero attached hydrogens (tertiary/aromatic N) is 2. The molecule has 170 valence electrons. The van der Waals surface area contributed by atoms with E-state index in [0.29, 0.717) is 31.0 Å². The van der Waals surface area contributed by atoms with Crippen LogP contribution in [0.5, 0.6) is 5.75 Å². The molecule has 4 aliphatic rings. The summed E-state index contributed by atoms with van der Waals surface area (Å²) in [5, 5.41) is 2.79. The fraction of sp³-hybridized carbons (Fsp3) is 0.407. The first-order valence-electron chi connectivity index (χ1n) is 12.0. The van der Waals surface area contributed by atoms with Gasteiger partial charge in [-0.1, -0.05) is 30.8 Å². The van der Waals surface area contributed by atoms with E-state index in [-0.39, 0.29) is 17.9 Å². The van der Waals surface area contributed by atoms with E-state index in [1.165, 1.54) is 17.5 Å². The summed E-state index contributed by atoms with van der Waals surface area (Å²) in [5.74, 6) is 0.612. The van der Waals surface area contributed by atoms with Crippen molar-refractivity contribution in [2.24, 2.45) is 0 Å². The van der Waals surface area contributed by atoms with Gasteiger partial charge in [-0.05, 0) is 67.0 Å². The molecule has 2 amide bonds. The fourth-order valence-electron chi connectivity index (χ4n) is 5.93. The SMILES string of the molecule is C=C1CCC(N2Cc3cc(O[C@H]4CCC[C@@H]4N4Cc5ccccc5C4)ccc3C2=O)C(=O)N1. The number of hydrogen-bond donors (Lipinski definition) is 1. The Morgan fingerprint density at radius 1 is 0.939 bits per heavy atom. The summed E-state index contributed by atoms with van der Waals surface area (Å²) in [7, 11) is 0. The monoisotopic (exact) mass is 443 g/mol. The van der Waals surface area contributed by atoms with Crippen LogP contribution in [0.4, 0.5) is 0 Å². The first-order valence-corrected chi connectivity index (χ1v) is 12.0. The molecule has 0 radical (unpaired) electrons. The minimum absolute atomic E-state index is 0.0715. The fourth-order valence-corrected chi connectivity index (χ4v) is 5.93. The van der Waals surface area contributed by atoms with E-state index in [1.54, 1.807) is 4.90 Å². The van der Waals surface area contributed by atoms with E-state index < -0.39 is 6.04 Å². The largest absolute Gasteiger partial charge is 0.489 e. The molecule has 1 aliphatic carbocycles. The maximum absolute atomic E-state index is 13.0. The number of rotatable bonds is 4. The van der Waals surface area contributed by atoms with Crippen molar-refractivity contribution in [3.8, 4) is 5.75 Å². The van der Waals surface area contributed by atoms with E-state index in [9.17, 15) is 9.59 Å². The quantitative estimate of drug-likeness (QED) is 0.782. The highest BCUT2D eigenvalue weighted by molar-refractivity contribution is 6.01. The average Bonchev–Trinajstić information content (AvgIpc) is 3.51. The molecule has 1 saturated carbocycles. The van der Waals surface area contributed by atoms with Crippen molar-refractivity contribution in [2.75, 3.05) is 0 Å². The lowest BCUT2D eigenvalue weighted by molar-refractivity contribution is -0.126. The lowest BCUT2D eigenvalue weighted by Crippen LogP contribution is -2.49. The van der Waals surface area contributed by atoms with Crippen molar-refractivity contribution in [2.45, 2.75) is 69.9 Å². The van der Waals surface area contributed by atoms with Gasteiger partial charge in [-0.15, -0.1) is 0 Å². The number of piperidine rings is 1. The molecule has 2 aromatic rings. The zero-order valence-corrected chi connectivity index (χ0v) is 18.8. The second-order valence-electron chi connectivity index (χ2n) is 9.73. The Hall–Kier alpha value is -3.12.